The van der Waals surface area contributed by atoms with Gasteiger partial charge in [-0.3, -0.25) is 14.2 Å². The minimum Gasteiger partial charge on any atom is -0.336 e. The minimum absolute atomic E-state index is 0.193. The molecule has 0 radical (unpaired) electrons. The second-order valence-electron chi connectivity index (χ2n) is 5.57. The molecular weight excluding hydrogens is 347 g/mol. The van der Waals surface area contributed by atoms with Gasteiger partial charge in [0.25, 0.3) is 5.91 Å². The standard InChI is InChI=1S/C14H17ClF3N5O/c1-7-9(8(2)22(4)19-7)6-21(3)13(24)11-10(15)12(14(16,17)18)23(5)20-11/h6H2,1-5H3. The van der Waals surface area contributed by atoms with Crippen LogP contribution in [0.2, 0.25) is 5.02 Å². The molecule has 1 amide bonds. The van der Waals surface area contributed by atoms with E-state index in [1.165, 1.54) is 11.9 Å². The number of carbonyl (C=O) groups excluding carboxylic acids is 1. The molecule has 0 aliphatic rings. The number of hydrogen-bond donors (Lipinski definition) is 0. The molecule has 0 saturated carbocycles. The molecule has 0 atom stereocenters. The molecule has 0 fully saturated rings. The van der Waals surface area contributed by atoms with Gasteiger partial charge in [-0.25, -0.2) is 0 Å². The molecule has 0 bridgehead atoms. The van der Waals surface area contributed by atoms with Gasteiger partial charge in [-0.1, -0.05) is 11.6 Å². The van der Waals surface area contributed by atoms with Crippen molar-refractivity contribution in [1.82, 2.24) is 24.5 Å². The predicted octanol–water partition coefficient (Wildman–Crippen LogP) is 2.71. The maximum atomic E-state index is 13.0. The average molecular weight is 364 g/mol. The molecule has 0 aliphatic carbocycles. The molecule has 2 rings (SSSR count). The van der Waals surface area contributed by atoms with Gasteiger partial charge in [-0.05, 0) is 13.8 Å². The van der Waals surface area contributed by atoms with Crippen LogP contribution in [0.1, 0.15) is 33.1 Å². The van der Waals surface area contributed by atoms with Crippen molar-refractivity contribution < 1.29 is 18.0 Å². The van der Waals surface area contributed by atoms with Crippen LogP contribution in [0.3, 0.4) is 0 Å². The molecule has 0 N–H and O–H groups in total. The maximum absolute atomic E-state index is 13.0. The van der Waals surface area contributed by atoms with Gasteiger partial charge >= 0.3 is 6.18 Å². The third-order valence-corrected chi connectivity index (χ3v) is 4.22. The van der Waals surface area contributed by atoms with Gasteiger partial charge in [0.1, 0.15) is 5.02 Å². The van der Waals surface area contributed by atoms with E-state index < -0.39 is 28.5 Å². The van der Waals surface area contributed by atoms with Crippen LogP contribution in [0.25, 0.3) is 0 Å². The number of rotatable bonds is 3. The highest BCUT2D eigenvalue weighted by molar-refractivity contribution is 6.34. The third-order valence-electron chi connectivity index (χ3n) is 3.86. The summed E-state index contributed by atoms with van der Waals surface area (Å²) in [5.74, 6) is -0.686. The second kappa shape index (κ2) is 6.12. The first-order valence-electron chi connectivity index (χ1n) is 6.99. The van der Waals surface area contributed by atoms with Crippen LogP contribution in [0.4, 0.5) is 13.2 Å². The van der Waals surface area contributed by atoms with Crippen LogP contribution in [-0.2, 0) is 26.8 Å². The van der Waals surface area contributed by atoms with E-state index in [-0.39, 0.29) is 6.54 Å². The number of alkyl halides is 3. The van der Waals surface area contributed by atoms with Crippen molar-refractivity contribution in [3.8, 4) is 0 Å². The van der Waals surface area contributed by atoms with Gasteiger partial charge in [-0.2, -0.15) is 23.4 Å². The lowest BCUT2D eigenvalue weighted by atomic mass is 10.2. The van der Waals surface area contributed by atoms with Crippen LogP contribution < -0.4 is 0 Å². The molecule has 0 spiro atoms. The third kappa shape index (κ3) is 3.12. The van der Waals surface area contributed by atoms with E-state index in [0.29, 0.717) is 4.68 Å². The highest BCUT2D eigenvalue weighted by atomic mass is 35.5. The normalized spacial score (nSPS) is 11.9. The van der Waals surface area contributed by atoms with Crippen LogP contribution in [0, 0.1) is 13.8 Å². The monoisotopic (exact) mass is 363 g/mol. The largest absolute Gasteiger partial charge is 0.434 e. The molecule has 10 heteroatoms. The molecule has 6 nitrogen and oxygen atoms in total. The number of hydrogen-bond acceptors (Lipinski definition) is 3. The first kappa shape index (κ1) is 18.3. The molecule has 0 unspecified atom stereocenters. The molecule has 132 valence electrons. The van der Waals surface area contributed by atoms with Crippen LogP contribution in [-0.4, -0.2) is 37.4 Å². The molecule has 0 aliphatic heterocycles. The van der Waals surface area contributed by atoms with E-state index in [1.54, 1.807) is 18.7 Å². The summed E-state index contributed by atoms with van der Waals surface area (Å²) in [4.78, 5) is 13.7. The summed E-state index contributed by atoms with van der Waals surface area (Å²) in [5, 5.41) is 7.20. The Labute approximate surface area is 141 Å². The summed E-state index contributed by atoms with van der Waals surface area (Å²) in [5.41, 5.74) is 0.882. The summed E-state index contributed by atoms with van der Waals surface area (Å²) >= 11 is 5.76. The van der Waals surface area contributed by atoms with E-state index in [1.807, 2.05) is 6.92 Å². The van der Waals surface area contributed by atoms with Gasteiger partial charge in [0.2, 0.25) is 0 Å². The SMILES string of the molecule is Cc1nn(C)c(C)c1CN(C)C(=O)c1nn(C)c(C(F)(F)F)c1Cl. The minimum atomic E-state index is -4.69. The summed E-state index contributed by atoms with van der Waals surface area (Å²) < 4.78 is 41.1. The summed E-state index contributed by atoms with van der Waals surface area (Å²) in [7, 11) is 4.35. The molecule has 24 heavy (non-hydrogen) atoms. The quantitative estimate of drug-likeness (QED) is 0.842. The van der Waals surface area contributed by atoms with Gasteiger partial charge < -0.3 is 4.90 Å². The highest BCUT2D eigenvalue weighted by Crippen LogP contribution is 2.36. The van der Waals surface area contributed by atoms with Gasteiger partial charge in [0.15, 0.2) is 11.4 Å². The Hall–Kier alpha value is -2.03. The molecule has 2 aromatic rings. The zero-order valence-electron chi connectivity index (χ0n) is 13.9. The van der Waals surface area contributed by atoms with Crippen molar-refractivity contribution in [1.29, 1.82) is 0 Å². The average Bonchev–Trinajstić information content (AvgIpc) is 2.88. The Morgan fingerprint density at radius 1 is 1.21 bits per heavy atom. The Morgan fingerprint density at radius 2 is 1.79 bits per heavy atom. The predicted molar refractivity (Wildman–Crippen MR) is 81.7 cm³/mol. The summed E-state index contributed by atoms with van der Waals surface area (Å²) in [6, 6.07) is 0. The maximum Gasteiger partial charge on any atom is 0.434 e. The Morgan fingerprint density at radius 3 is 2.21 bits per heavy atom. The number of nitrogens with zero attached hydrogens (tertiary/aromatic N) is 5. The Kier molecular flexibility index (Phi) is 4.67. The molecule has 2 heterocycles. The van der Waals surface area contributed by atoms with Gasteiger partial charge in [0, 0.05) is 38.9 Å². The van der Waals surface area contributed by atoms with Crippen molar-refractivity contribution >= 4 is 17.5 Å². The van der Waals surface area contributed by atoms with E-state index in [9.17, 15) is 18.0 Å². The van der Waals surface area contributed by atoms with Gasteiger partial charge in [0.05, 0.1) is 5.69 Å². The summed E-state index contributed by atoms with van der Waals surface area (Å²) in [6.07, 6.45) is -4.69. The number of carbonyl (C=O) groups is 1. The van der Waals surface area contributed by atoms with Crippen molar-refractivity contribution in [3.63, 3.8) is 0 Å². The van der Waals surface area contributed by atoms with Crippen molar-refractivity contribution in [2.45, 2.75) is 26.6 Å². The second-order valence-corrected chi connectivity index (χ2v) is 5.94. The molecular formula is C14H17ClF3N5O. The first-order chi connectivity index (χ1) is 10.9. The van der Waals surface area contributed by atoms with Crippen LogP contribution >= 0.6 is 11.6 Å². The number of halogens is 4. The van der Waals surface area contributed by atoms with Crippen molar-refractivity contribution in [2.24, 2.45) is 14.1 Å². The topological polar surface area (TPSA) is 56.0 Å². The van der Waals surface area contributed by atoms with Crippen molar-refractivity contribution in [2.75, 3.05) is 7.05 Å². The fraction of sp³-hybridized carbons (Fsp3) is 0.500. The zero-order valence-corrected chi connectivity index (χ0v) is 14.6. The van der Waals surface area contributed by atoms with E-state index in [4.69, 9.17) is 11.6 Å². The lowest BCUT2D eigenvalue weighted by molar-refractivity contribution is -0.143. The van der Waals surface area contributed by atoms with E-state index in [0.717, 1.165) is 24.0 Å². The number of aryl methyl sites for hydroxylation is 3. The Bertz CT molecular complexity index is 793. The smallest absolute Gasteiger partial charge is 0.336 e. The lowest BCUT2D eigenvalue weighted by Crippen LogP contribution is -2.27. The highest BCUT2D eigenvalue weighted by Gasteiger charge is 2.40. The fourth-order valence-electron chi connectivity index (χ4n) is 2.48. The van der Waals surface area contributed by atoms with Gasteiger partial charge in [-0.15, -0.1) is 0 Å². The first-order valence-corrected chi connectivity index (χ1v) is 7.37. The summed E-state index contributed by atoms with van der Waals surface area (Å²) in [6.45, 7) is 3.85. The molecule has 2 aromatic heterocycles. The number of amides is 1. The Balaban J connectivity index is 2.32. The van der Waals surface area contributed by atoms with E-state index in [2.05, 4.69) is 10.2 Å². The lowest BCUT2D eigenvalue weighted by Gasteiger charge is -2.16. The fourth-order valence-corrected chi connectivity index (χ4v) is 2.83. The molecule has 0 aromatic carbocycles. The number of aromatic nitrogens is 4. The zero-order chi connectivity index (χ0) is 18.4. The van der Waals surface area contributed by atoms with Crippen LogP contribution in [0.15, 0.2) is 0 Å². The molecule has 0 saturated heterocycles. The van der Waals surface area contributed by atoms with Crippen LogP contribution in [0.5, 0.6) is 0 Å². The van der Waals surface area contributed by atoms with E-state index >= 15 is 0 Å². The van der Waals surface area contributed by atoms with Crippen molar-refractivity contribution in [3.05, 3.63) is 33.4 Å².